The molecular formula is C22H21ClN6O2. The van der Waals surface area contributed by atoms with Gasteiger partial charge in [-0.15, -0.1) is 0 Å². The van der Waals surface area contributed by atoms with Crippen LogP contribution in [0, 0.1) is 0 Å². The van der Waals surface area contributed by atoms with Gasteiger partial charge in [0, 0.05) is 30.2 Å². The largest absolute Gasteiger partial charge is 0.379 e. The van der Waals surface area contributed by atoms with E-state index >= 15 is 0 Å². The molecule has 8 nitrogen and oxygen atoms in total. The summed E-state index contributed by atoms with van der Waals surface area (Å²) in [4.78, 5) is 23.0. The average Bonchev–Trinajstić information content (AvgIpc) is 3.41. The van der Waals surface area contributed by atoms with Crippen molar-refractivity contribution < 1.29 is 9.53 Å². The lowest BCUT2D eigenvalue weighted by Gasteiger charge is -2.26. The predicted octanol–water partition coefficient (Wildman–Crippen LogP) is 3.69. The van der Waals surface area contributed by atoms with Gasteiger partial charge in [-0.3, -0.25) is 14.8 Å². The van der Waals surface area contributed by atoms with E-state index in [1.54, 1.807) is 30.5 Å². The molecule has 0 saturated carbocycles. The lowest BCUT2D eigenvalue weighted by atomic mass is 10.2. The molecule has 31 heavy (non-hydrogen) atoms. The summed E-state index contributed by atoms with van der Waals surface area (Å²) in [6.45, 7) is 4.32. The zero-order chi connectivity index (χ0) is 21.2. The fourth-order valence-corrected chi connectivity index (χ4v) is 3.77. The number of anilines is 1. The minimum Gasteiger partial charge on any atom is -0.379 e. The van der Waals surface area contributed by atoms with Crippen LogP contribution in [0.2, 0.25) is 5.02 Å². The van der Waals surface area contributed by atoms with Gasteiger partial charge in [-0.1, -0.05) is 17.7 Å². The van der Waals surface area contributed by atoms with Gasteiger partial charge in [-0.2, -0.15) is 5.10 Å². The number of amides is 1. The Bertz CT molecular complexity index is 1210. The molecule has 0 unspecified atom stereocenters. The Morgan fingerprint density at radius 2 is 1.97 bits per heavy atom. The molecular weight excluding hydrogens is 416 g/mol. The molecule has 1 aliphatic rings. The second-order valence-corrected chi connectivity index (χ2v) is 7.88. The number of aromatic nitrogens is 4. The number of halogens is 1. The van der Waals surface area contributed by atoms with Crippen LogP contribution < -0.4 is 5.32 Å². The maximum atomic E-state index is 12.6. The van der Waals surface area contributed by atoms with E-state index in [1.165, 1.54) is 5.56 Å². The number of fused-ring (bicyclic) bond motifs is 1. The fourth-order valence-electron chi connectivity index (χ4n) is 3.65. The zero-order valence-electron chi connectivity index (χ0n) is 16.7. The van der Waals surface area contributed by atoms with Crippen LogP contribution in [0.4, 0.5) is 5.69 Å². The van der Waals surface area contributed by atoms with Crippen LogP contribution in [-0.2, 0) is 11.3 Å². The number of carbonyl (C=O) groups is 1. The summed E-state index contributed by atoms with van der Waals surface area (Å²) in [6, 6.07) is 12.9. The number of H-pyrrole nitrogens is 2. The van der Waals surface area contributed by atoms with E-state index in [-0.39, 0.29) is 5.91 Å². The Morgan fingerprint density at radius 3 is 2.77 bits per heavy atom. The van der Waals surface area contributed by atoms with Gasteiger partial charge in [-0.25, -0.2) is 4.98 Å². The first-order chi connectivity index (χ1) is 15.2. The van der Waals surface area contributed by atoms with E-state index in [4.69, 9.17) is 16.3 Å². The molecule has 3 N–H and O–H groups in total. The van der Waals surface area contributed by atoms with Crippen LogP contribution in [-0.4, -0.2) is 57.3 Å². The van der Waals surface area contributed by atoms with Gasteiger partial charge in [0.1, 0.15) is 5.69 Å². The molecule has 0 aliphatic carbocycles. The standard InChI is InChI=1S/C22H21ClN6O2/c23-16-4-2-15(3-5-16)22(30)27-19-12-24-28-20(19)21-25-17-6-1-14(11-18(17)26-21)13-29-7-9-31-10-8-29/h1-6,11-12H,7-10,13H2,(H,24,28)(H,25,26)(H,27,30). The Labute approximate surface area is 183 Å². The molecule has 3 heterocycles. The number of morpholine rings is 1. The van der Waals surface area contributed by atoms with Crippen molar-refractivity contribution in [2.24, 2.45) is 0 Å². The molecule has 0 atom stereocenters. The van der Waals surface area contributed by atoms with Crippen LogP contribution in [0.25, 0.3) is 22.6 Å². The van der Waals surface area contributed by atoms with Crippen molar-refractivity contribution in [2.75, 3.05) is 31.6 Å². The van der Waals surface area contributed by atoms with Gasteiger partial charge in [0.15, 0.2) is 5.82 Å². The number of carbonyl (C=O) groups excluding carboxylic acids is 1. The van der Waals surface area contributed by atoms with E-state index in [2.05, 4.69) is 42.5 Å². The third kappa shape index (κ3) is 4.32. The SMILES string of the molecule is O=C(Nc1cn[nH]c1-c1nc2ccc(CN3CCOCC3)cc2[nH]1)c1ccc(Cl)cc1. The van der Waals surface area contributed by atoms with Crippen LogP contribution in [0.3, 0.4) is 0 Å². The lowest BCUT2D eigenvalue weighted by Crippen LogP contribution is -2.35. The maximum absolute atomic E-state index is 12.6. The molecule has 1 aliphatic heterocycles. The molecule has 1 saturated heterocycles. The van der Waals surface area contributed by atoms with Crippen molar-refractivity contribution >= 4 is 34.2 Å². The van der Waals surface area contributed by atoms with Gasteiger partial charge in [0.25, 0.3) is 5.91 Å². The highest BCUT2D eigenvalue weighted by Crippen LogP contribution is 2.26. The highest BCUT2D eigenvalue weighted by Gasteiger charge is 2.16. The van der Waals surface area contributed by atoms with E-state index in [1.807, 2.05) is 6.07 Å². The summed E-state index contributed by atoms with van der Waals surface area (Å²) in [7, 11) is 0. The molecule has 0 bridgehead atoms. The summed E-state index contributed by atoms with van der Waals surface area (Å²) in [6.07, 6.45) is 1.57. The topological polar surface area (TPSA) is 98.9 Å². The third-order valence-electron chi connectivity index (χ3n) is 5.29. The first-order valence-electron chi connectivity index (χ1n) is 10.0. The first kappa shape index (κ1) is 19.7. The molecule has 2 aromatic carbocycles. The number of rotatable bonds is 5. The first-order valence-corrected chi connectivity index (χ1v) is 10.4. The number of imidazole rings is 1. The zero-order valence-corrected chi connectivity index (χ0v) is 17.4. The Hall–Kier alpha value is -3.20. The molecule has 4 aromatic rings. The van der Waals surface area contributed by atoms with Crippen molar-refractivity contribution in [1.82, 2.24) is 25.1 Å². The van der Waals surface area contributed by atoms with Gasteiger partial charge < -0.3 is 15.0 Å². The van der Waals surface area contributed by atoms with Crippen LogP contribution in [0.15, 0.2) is 48.7 Å². The van der Waals surface area contributed by atoms with Gasteiger partial charge in [-0.05, 0) is 42.0 Å². The molecule has 0 radical (unpaired) electrons. The normalized spacial score (nSPS) is 14.7. The van der Waals surface area contributed by atoms with Crippen LogP contribution in [0.1, 0.15) is 15.9 Å². The number of nitrogens with one attached hydrogen (secondary N) is 3. The van der Waals surface area contributed by atoms with Crippen molar-refractivity contribution in [2.45, 2.75) is 6.54 Å². The summed E-state index contributed by atoms with van der Waals surface area (Å²) in [5.74, 6) is 0.366. The highest BCUT2D eigenvalue weighted by molar-refractivity contribution is 6.30. The Balaban J connectivity index is 1.36. The number of nitrogens with zero attached hydrogens (tertiary/aromatic N) is 3. The smallest absolute Gasteiger partial charge is 0.255 e. The molecule has 1 amide bonds. The molecule has 5 rings (SSSR count). The minimum absolute atomic E-state index is 0.247. The molecule has 9 heteroatoms. The van der Waals surface area contributed by atoms with E-state index in [9.17, 15) is 4.79 Å². The highest BCUT2D eigenvalue weighted by atomic mass is 35.5. The van der Waals surface area contributed by atoms with Crippen molar-refractivity contribution in [1.29, 1.82) is 0 Å². The Morgan fingerprint density at radius 1 is 1.16 bits per heavy atom. The number of hydrogen-bond donors (Lipinski definition) is 3. The molecule has 2 aromatic heterocycles. The maximum Gasteiger partial charge on any atom is 0.255 e. The van der Waals surface area contributed by atoms with E-state index < -0.39 is 0 Å². The fraction of sp³-hybridized carbons (Fsp3) is 0.227. The summed E-state index contributed by atoms with van der Waals surface area (Å²) >= 11 is 5.90. The summed E-state index contributed by atoms with van der Waals surface area (Å²) in [5.41, 5.74) is 4.68. The molecule has 0 spiro atoms. The predicted molar refractivity (Wildman–Crippen MR) is 119 cm³/mol. The van der Waals surface area contributed by atoms with Crippen molar-refractivity contribution in [3.63, 3.8) is 0 Å². The van der Waals surface area contributed by atoms with Gasteiger partial charge in [0.05, 0.1) is 36.1 Å². The molecule has 1 fully saturated rings. The number of benzene rings is 2. The number of ether oxygens (including phenoxy) is 1. The average molecular weight is 437 g/mol. The van der Waals surface area contributed by atoms with Crippen molar-refractivity contribution in [3.8, 4) is 11.5 Å². The third-order valence-corrected chi connectivity index (χ3v) is 5.54. The van der Waals surface area contributed by atoms with Crippen LogP contribution >= 0.6 is 11.6 Å². The summed E-state index contributed by atoms with van der Waals surface area (Å²) < 4.78 is 5.42. The monoisotopic (exact) mass is 436 g/mol. The summed E-state index contributed by atoms with van der Waals surface area (Å²) in [5, 5.41) is 10.5. The lowest BCUT2D eigenvalue weighted by molar-refractivity contribution is 0.0342. The second-order valence-electron chi connectivity index (χ2n) is 7.45. The molecule has 158 valence electrons. The van der Waals surface area contributed by atoms with Gasteiger partial charge in [0.2, 0.25) is 0 Å². The second kappa shape index (κ2) is 8.50. The van der Waals surface area contributed by atoms with E-state index in [0.717, 1.165) is 43.9 Å². The Kier molecular flexibility index (Phi) is 5.42. The van der Waals surface area contributed by atoms with Gasteiger partial charge >= 0.3 is 0 Å². The number of hydrogen-bond acceptors (Lipinski definition) is 5. The quantitative estimate of drug-likeness (QED) is 0.443. The van der Waals surface area contributed by atoms with Crippen molar-refractivity contribution in [3.05, 3.63) is 64.8 Å². The number of aromatic amines is 2. The minimum atomic E-state index is -0.247. The van der Waals surface area contributed by atoms with Crippen LogP contribution in [0.5, 0.6) is 0 Å². The van der Waals surface area contributed by atoms with E-state index in [0.29, 0.717) is 27.8 Å².